The molecule has 0 amide bonds. The van der Waals surface area contributed by atoms with E-state index in [4.69, 9.17) is 16.2 Å². The van der Waals surface area contributed by atoms with Gasteiger partial charge >= 0.3 is 0 Å². The predicted octanol–water partition coefficient (Wildman–Crippen LogP) is 3.33. The van der Waals surface area contributed by atoms with Crippen LogP contribution in [0.3, 0.4) is 0 Å². The van der Waals surface area contributed by atoms with E-state index in [1.165, 1.54) is 38.5 Å². The molecule has 0 saturated carbocycles. The van der Waals surface area contributed by atoms with Crippen LogP contribution in [0.2, 0.25) is 0 Å². The molecule has 4 N–H and O–H groups in total. The van der Waals surface area contributed by atoms with Crippen molar-refractivity contribution in [2.24, 2.45) is 11.5 Å². The first kappa shape index (κ1) is 17.5. The van der Waals surface area contributed by atoms with E-state index in [1.54, 1.807) is 0 Å². The van der Waals surface area contributed by atoms with Crippen molar-refractivity contribution in [1.82, 2.24) is 0 Å². The zero-order chi connectivity index (χ0) is 13.6. The summed E-state index contributed by atoms with van der Waals surface area (Å²) in [7, 11) is 0. The normalized spacial score (nSPS) is 13.8. The average molecular weight is 256 g/mol. The number of hydrogen-bond donors (Lipinski definition) is 2. The van der Waals surface area contributed by atoms with Gasteiger partial charge in [0.05, 0.1) is 6.10 Å². The Hall–Kier alpha value is -0.540. The van der Waals surface area contributed by atoms with Crippen molar-refractivity contribution in [3.05, 3.63) is 11.8 Å². The third-order valence-electron chi connectivity index (χ3n) is 3.16. The van der Waals surface area contributed by atoms with E-state index >= 15 is 0 Å². The number of ether oxygens (including phenoxy) is 1. The topological polar surface area (TPSA) is 61.3 Å². The monoisotopic (exact) mass is 256 g/mol. The van der Waals surface area contributed by atoms with Crippen LogP contribution in [0.1, 0.15) is 65.2 Å². The van der Waals surface area contributed by atoms with Gasteiger partial charge in [-0.25, -0.2) is 0 Å². The maximum absolute atomic E-state index is 5.89. The highest BCUT2D eigenvalue weighted by atomic mass is 16.5. The van der Waals surface area contributed by atoms with Crippen LogP contribution in [0.4, 0.5) is 0 Å². The van der Waals surface area contributed by atoms with E-state index in [0.29, 0.717) is 6.54 Å². The van der Waals surface area contributed by atoms with Gasteiger partial charge < -0.3 is 16.2 Å². The van der Waals surface area contributed by atoms with Gasteiger partial charge in [-0.1, -0.05) is 52.4 Å². The zero-order valence-electron chi connectivity index (χ0n) is 12.3. The highest BCUT2D eigenvalue weighted by molar-refractivity contribution is 5.03. The van der Waals surface area contributed by atoms with Crippen molar-refractivity contribution in [2.45, 2.75) is 71.3 Å². The van der Waals surface area contributed by atoms with E-state index in [2.05, 4.69) is 13.8 Å². The van der Waals surface area contributed by atoms with Crippen LogP contribution in [0.25, 0.3) is 0 Å². The van der Waals surface area contributed by atoms with Crippen molar-refractivity contribution in [3.8, 4) is 0 Å². The Balaban J connectivity index is 3.48. The van der Waals surface area contributed by atoms with Gasteiger partial charge in [0, 0.05) is 18.8 Å². The molecule has 0 heterocycles. The van der Waals surface area contributed by atoms with Crippen LogP contribution in [0, 0.1) is 0 Å². The van der Waals surface area contributed by atoms with E-state index in [0.717, 1.165) is 25.1 Å². The summed E-state index contributed by atoms with van der Waals surface area (Å²) < 4.78 is 5.78. The Morgan fingerprint density at radius 1 is 1.06 bits per heavy atom. The lowest BCUT2D eigenvalue weighted by atomic mass is 10.1. The molecule has 3 heteroatoms. The molecule has 0 aliphatic heterocycles. The maximum atomic E-state index is 5.89. The van der Waals surface area contributed by atoms with Crippen LogP contribution in [-0.2, 0) is 4.74 Å². The molecule has 0 aromatic heterocycles. The third-order valence-corrected chi connectivity index (χ3v) is 3.16. The fraction of sp³-hybridized carbons (Fsp3) is 0.867. The molecule has 108 valence electrons. The second-order valence-corrected chi connectivity index (χ2v) is 4.83. The molecule has 0 rings (SSSR count). The molecule has 0 aliphatic rings. The van der Waals surface area contributed by atoms with Crippen LogP contribution >= 0.6 is 0 Å². The van der Waals surface area contributed by atoms with E-state index in [9.17, 15) is 0 Å². The first-order valence-electron chi connectivity index (χ1n) is 7.53. The van der Waals surface area contributed by atoms with Crippen LogP contribution < -0.4 is 11.5 Å². The molecule has 0 bridgehead atoms. The van der Waals surface area contributed by atoms with Gasteiger partial charge in [-0.3, -0.25) is 0 Å². The summed E-state index contributed by atoms with van der Waals surface area (Å²) in [5.74, 6) is 0. The van der Waals surface area contributed by atoms with Gasteiger partial charge in [0.15, 0.2) is 0 Å². The zero-order valence-corrected chi connectivity index (χ0v) is 12.3. The lowest BCUT2D eigenvalue weighted by Crippen LogP contribution is -2.22. The van der Waals surface area contributed by atoms with Crippen molar-refractivity contribution < 1.29 is 4.74 Å². The molecule has 1 atom stereocenters. The molecule has 0 saturated heterocycles. The summed E-state index contributed by atoms with van der Waals surface area (Å²) in [6.45, 7) is 5.64. The van der Waals surface area contributed by atoms with Crippen molar-refractivity contribution in [2.75, 3.05) is 13.2 Å². The molecule has 18 heavy (non-hydrogen) atoms. The second-order valence-electron chi connectivity index (χ2n) is 4.83. The molecular formula is C15H32N2O. The first-order chi connectivity index (χ1) is 8.76. The van der Waals surface area contributed by atoms with Gasteiger partial charge in [0.25, 0.3) is 0 Å². The molecule has 1 unspecified atom stereocenters. The van der Waals surface area contributed by atoms with Gasteiger partial charge in [-0.2, -0.15) is 0 Å². The van der Waals surface area contributed by atoms with Crippen LogP contribution in [0.5, 0.6) is 0 Å². The Morgan fingerprint density at radius 2 is 1.67 bits per heavy atom. The van der Waals surface area contributed by atoms with E-state index < -0.39 is 0 Å². The number of nitrogens with two attached hydrogens (primary N) is 2. The summed E-state index contributed by atoms with van der Waals surface area (Å²) in [4.78, 5) is 0. The number of rotatable bonds is 12. The highest BCUT2D eigenvalue weighted by Gasteiger charge is 2.08. The van der Waals surface area contributed by atoms with Crippen molar-refractivity contribution >= 4 is 0 Å². The maximum Gasteiger partial charge on any atom is 0.0961 e. The van der Waals surface area contributed by atoms with Gasteiger partial charge in [0.1, 0.15) is 0 Å². The lowest BCUT2D eigenvalue weighted by Gasteiger charge is -2.16. The standard InChI is InChI=1S/C15H32N2O/c1-3-5-6-7-8-9-10-13-18-15(4-2)14(17)11-12-16/h11,15H,3-10,12-13,16-17H2,1-2H3. The van der Waals surface area contributed by atoms with Crippen LogP contribution in [-0.4, -0.2) is 19.3 Å². The predicted molar refractivity (Wildman–Crippen MR) is 79.3 cm³/mol. The molecule has 0 fully saturated rings. The lowest BCUT2D eigenvalue weighted by molar-refractivity contribution is 0.0708. The fourth-order valence-corrected chi connectivity index (χ4v) is 2.00. The Morgan fingerprint density at radius 3 is 2.22 bits per heavy atom. The molecular weight excluding hydrogens is 224 g/mol. The fourth-order valence-electron chi connectivity index (χ4n) is 2.00. The molecule has 0 aromatic rings. The molecule has 0 aromatic carbocycles. The molecule has 3 nitrogen and oxygen atoms in total. The SMILES string of the molecule is CCCCCCCCCOC(CC)C(N)=CCN. The minimum Gasteiger partial charge on any atom is -0.400 e. The Labute approximate surface area is 113 Å². The van der Waals surface area contributed by atoms with E-state index in [-0.39, 0.29) is 6.10 Å². The molecule has 0 spiro atoms. The first-order valence-corrected chi connectivity index (χ1v) is 7.53. The van der Waals surface area contributed by atoms with Gasteiger partial charge in [-0.15, -0.1) is 0 Å². The van der Waals surface area contributed by atoms with Gasteiger partial charge in [0.2, 0.25) is 0 Å². The quantitative estimate of drug-likeness (QED) is 0.526. The minimum atomic E-state index is 0.0497. The van der Waals surface area contributed by atoms with Crippen molar-refractivity contribution in [3.63, 3.8) is 0 Å². The Kier molecular flexibility index (Phi) is 12.5. The number of hydrogen-bond acceptors (Lipinski definition) is 3. The minimum absolute atomic E-state index is 0.0497. The summed E-state index contributed by atoms with van der Waals surface area (Å²) in [6.07, 6.45) is 12.0. The van der Waals surface area contributed by atoms with Crippen LogP contribution in [0.15, 0.2) is 11.8 Å². The summed E-state index contributed by atoms with van der Waals surface area (Å²) in [6, 6.07) is 0. The highest BCUT2D eigenvalue weighted by Crippen LogP contribution is 2.10. The Bertz CT molecular complexity index is 205. The third kappa shape index (κ3) is 9.49. The van der Waals surface area contributed by atoms with E-state index in [1.807, 2.05) is 6.08 Å². The summed E-state index contributed by atoms with van der Waals surface area (Å²) >= 11 is 0. The smallest absolute Gasteiger partial charge is 0.0961 e. The molecule has 0 radical (unpaired) electrons. The second kappa shape index (κ2) is 12.9. The number of unbranched alkanes of at least 4 members (excludes halogenated alkanes) is 6. The summed E-state index contributed by atoms with van der Waals surface area (Å²) in [5, 5.41) is 0. The summed E-state index contributed by atoms with van der Waals surface area (Å²) in [5.41, 5.74) is 12.1. The van der Waals surface area contributed by atoms with Crippen molar-refractivity contribution in [1.29, 1.82) is 0 Å². The van der Waals surface area contributed by atoms with Gasteiger partial charge in [-0.05, 0) is 18.9 Å². The largest absolute Gasteiger partial charge is 0.400 e. The average Bonchev–Trinajstić information content (AvgIpc) is 2.37. The molecule has 0 aliphatic carbocycles.